The van der Waals surface area contributed by atoms with Crippen LogP contribution in [0.4, 0.5) is 0 Å². The fraction of sp³-hybridized carbons (Fsp3) is 0.769. The second-order valence-corrected chi connectivity index (χ2v) is 5.19. The molecular weight excluding hydrogens is 232 g/mol. The van der Waals surface area contributed by atoms with Crippen molar-refractivity contribution in [3.05, 3.63) is 12.7 Å². The number of nitrogens with one attached hydrogen (secondary N) is 2. The van der Waals surface area contributed by atoms with Crippen LogP contribution in [-0.4, -0.2) is 36.5 Å². The zero-order valence-electron chi connectivity index (χ0n) is 11.1. The van der Waals surface area contributed by atoms with Gasteiger partial charge in [0.1, 0.15) is 0 Å². The summed E-state index contributed by atoms with van der Waals surface area (Å²) < 4.78 is 0. The van der Waals surface area contributed by atoms with E-state index in [9.17, 15) is 4.79 Å². The molecule has 3 nitrogen and oxygen atoms in total. The zero-order valence-corrected chi connectivity index (χ0v) is 11.9. The molecule has 100 valence electrons. The Kier molecular flexibility index (Phi) is 11.7. The molecule has 0 saturated heterocycles. The lowest BCUT2D eigenvalue weighted by Crippen LogP contribution is -2.43. The van der Waals surface area contributed by atoms with Gasteiger partial charge in [0.15, 0.2) is 0 Å². The van der Waals surface area contributed by atoms with Crippen molar-refractivity contribution in [3.63, 3.8) is 0 Å². The van der Waals surface area contributed by atoms with Gasteiger partial charge in [0.25, 0.3) is 0 Å². The van der Waals surface area contributed by atoms with Crippen molar-refractivity contribution < 1.29 is 4.79 Å². The van der Waals surface area contributed by atoms with Gasteiger partial charge in [-0.1, -0.05) is 25.8 Å². The van der Waals surface area contributed by atoms with Crippen molar-refractivity contribution in [1.82, 2.24) is 10.6 Å². The van der Waals surface area contributed by atoms with E-state index in [0.29, 0.717) is 0 Å². The second kappa shape index (κ2) is 12.0. The van der Waals surface area contributed by atoms with E-state index >= 15 is 0 Å². The summed E-state index contributed by atoms with van der Waals surface area (Å²) in [6, 6.07) is -0.0963. The summed E-state index contributed by atoms with van der Waals surface area (Å²) >= 11 is 1.82. The third kappa shape index (κ3) is 10.4. The van der Waals surface area contributed by atoms with Gasteiger partial charge < -0.3 is 10.6 Å². The van der Waals surface area contributed by atoms with Crippen molar-refractivity contribution in [2.24, 2.45) is 0 Å². The minimum atomic E-state index is -0.0963. The highest BCUT2D eigenvalue weighted by Gasteiger charge is 2.10. The molecule has 0 aliphatic rings. The Morgan fingerprint density at radius 1 is 1.41 bits per heavy atom. The summed E-state index contributed by atoms with van der Waals surface area (Å²) in [5.74, 6) is 2.09. The van der Waals surface area contributed by atoms with Gasteiger partial charge in [0, 0.05) is 24.6 Å². The number of amides is 1. The molecule has 2 N–H and O–H groups in total. The predicted molar refractivity (Wildman–Crippen MR) is 77.5 cm³/mol. The summed E-state index contributed by atoms with van der Waals surface area (Å²) in [6.07, 6.45) is 5.34. The summed E-state index contributed by atoms with van der Waals surface area (Å²) in [5, 5.41) is 6.16. The first kappa shape index (κ1) is 16.5. The number of hydrogen-bond acceptors (Lipinski definition) is 3. The molecule has 0 aromatic rings. The third-order valence-corrected chi connectivity index (χ3v) is 3.37. The standard InChI is InChI=1S/C13H26N2OS/c1-4-6-7-8-15-13(16)12(3)14-9-11-17-10-5-2/h5,12,14H,2,4,6-11H2,1,3H3,(H,15,16). The van der Waals surface area contributed by atoms with E-state index in [-0.39, 0.29) is 11.9 Å². The monoisotopic (exact) mass is 258 g/mol. The van der Waals surface area contributed by atoms with Crippen molar-refractivity contribution in [2.75, 3.05) is 24.6 Å². The molecule has 0 fully saturated rings. The molecule has 0 heterocycles. The molecule has 1 atom stereocenters. The maximum atomic E-state index is 11.6. The Balaban J connectivity index is 3.43. The molecule has 1 amide bonds. The smallest absolute Gasteiger partial charge is 0.236 e. The van der Waals surface area contributed by atoms with Crippen molar-refractivity contribution >= 4 is 17.7 Å². The predicted octanol–water partition coefficient (Wildman–Crippen LogP) is 2.19. The molecule has 1 unspecified atom stereocenters. The molecule has 0 aromatic heterocycles. The molecular formula is C13H26N2OS. The average Bonchev–Trinajstić information content (AvgIpc) is 2.34. The molecule has 0 aliphatic heterocycles. The fourth-order valence-corrected chi connectivity index (χ4v) is 1.94. The summed E-state index contributed by atoms with van der Waals surface area (Å²) in [6.45, 7) is 9.39. The second-order valence-electron chi connectivity index (χ2n) is 4.04. The number of thioether (sulfide) groups is 1. The SMILES string of the molecule is C=CCSCCNC(C)C(=O)NCCCCC. The minimum absolute atomic E-state index is 0.0963. The van der Waals surface area contributed by atoms with Crippen LogP contribution in [0.2, 0.25) is 0 Å². The quantitative estimate of drug-likeness (QED) is 0.441. The van der Waals surface area contributed by atoms with Crippen LogP contribution in [0.1, 0.15) is 33.1 Å². The van der Waals surface area contributed by atoms with Gasteiger partial charge in [-0.3, -0.25) is 4.79 Å². The van der Waals surface area contributed by atoms with Crippen LogP contribution in [0, 0.1) is 0 Å². The lowest BCUT2D eigenvalue weighted by atomic mass is 10.2. The molecule has 0 bridgehead atoms. The number of hydrogen-bond donors (Lipinski definition) is 2. The van der Waals surface area contributed by atoms with Crippen LogP contribution in [0.5, 0.6) is 0 Å². The largest absolute Gasteiger partial charge is 0.355 e. The molecule has 0 radical (unpaired) electrons. The first-order valence-electron chi connectivity index (χ1n) is 6.42. The Bertz CT molecular complexity index is 210. The lowest BCUT2D eigenvalue weighted by molar-refractivity contribution is -0.122. The highest BCUT2D eigenvalue weighted by atomic mass is 32.2. The topological polar surface area (TPSA) is 41.1 Å². The van der Waals surface area contributed by atoms with Gasteiger partial charge in [-0.2, -0.15) is 11.8 Å². The van der Waals surface area contributed by atoms with Crippen LogP contribution < -0.4 is 10.6 Å². The molecule has 0 spiro atoms. The van der Waals surface area contributed by atoms with Gasteiger partial charge >= 0.3 is 0 Å². The molecule has 17 heavy (non-hydrogen) atoms. The van der Waals surface area contributed by atoms with Gasteiger partial charge in [-0.15, -0.1) is 6.58 Å². The fourth-order valence-electron chi connectivity index (χ4n) is 1.35. The summed E-state index contributed by atoms with van der Waals surface area (Å²) in [4.78, 5) is 11.6. The van der Waals surface area contributed by atoms with Crippen LogP contribution in [0.15, 0.2) is 12.7 Å². The zero-order chi connectivity index (χ0) is 12.9. The average molecular weight is 258 g/mol. The van der Waals surface area contributed by atoms with E-state index in [1.54, 1.807) is 0 Å². The number of rotatable bonds is 11. The normalized spacial score (nSPS) is 12.1. The molecule has 0 aromatic carbocycles. The molecule has 4 heteroatoms. The van der Waals surface area contributed by atoms with E-state index in [1.165, 1.54) is 12.8 Å². The minimum Gasteiger partial charge on any atom is -0.355 e. The van der Waals surface area contributed by atoms with Gasteiger partial charge in [0.05, 0.1) is 6.04 Å². The third-order valence-electron chi connectivity index (χ3n) is 2.41. The Hall–Kier alpha value is -0.480. The Morgan fingerprint density at radius 2 is 2.18 bits per heavy atom. The van der Waals surface area contributed by atoms with Crippen LogP contribution in [0.25, 0.3) is 0 Å². The van der Waals surface area contributed by atoms with Gasteiger partial charge in [0.2, 0.25) is 5.91 Å². The molecule has 0 saturated carbocycles. The highest BCUT2D eigenvalue weighted by molar-refractivity contribution is 7.99. The van der Waals surface area contributed by atoms with Crippen molar-refractivity contribution in [2.45, 2.75) is 39.2 Å². The first-order valence-corrected chi connectivity index (χ1v) is 7.57. The number of carbonyl (C=O) groups excluding carboxylic acids is 1. The molecule has 0 rings (SSSR count). The van der Waals surface area contributed by atoms with E-state index in [2.05, 4.69) is 24.1 Å². The van der Waals surface area contributed by atoms with E-state index in [0.717, 1.165) is 31.0 Å². The van der Waals surface area contributed by atoms with Gasteiger partial charge in [-0.25, -0.2) is 0 Å². The van der Waals surface area contributed by atoms with Crippen molar-refractivity contribution in [3.8, 4) is 0 Å². The maximum absolute atomic E-state index is 11.6. The van der Waals surface area contributed by atoms with Crippen LogP contribution in [-0.2, 0) is 4.79 Å². The van der Waals surface area contributed by atoms with E-state index in [1.807, 2.05) is 24.8 Å². The first-order chi connectivity index (χ1) is 8.22. The maximum Gasteiger partial charge on any atom is 0.236 e. The van der Waals surface area contributed by atoms with Crippen molar-refractivity contribution in [1.29, 1.82) is 0 Å². The number of carbonyl (C=O) groups is 1. The lowest BCUT2D eigenvalue weighted by Gasteiger charge is -2.13. The Labute approximate surface area is 110 Å². The van der Waals surface area contributed by atoms with E-state index < -0.39 is 0 Å². The summed E-state index contributed by atoms with van der Waals surface area (Å²) in [5.41, 5.74) is 0. The number of unbranched alkanes of at least 4 members (excludes halogenated alkanes) is 2. The summed E-state index contributed by atoms with van der Waals surface area (Å²) in [7, 11) is 0. The van der Waals surface area contributed by atoms with Crippen LogP contribution >= 0.6 is 11.8 Å². The Morgan fingerprint density at radius 3 is 2.82 bits per heavy atom. The van der Waals surface area contributed by atoms with E-state index in [4.69, 9.17) is 0 Å². The van der Waals surface area contributed by atoms with Gasteiger partial charge in [-0.05, 0) is 13.3 Å². The highest BCUT2D eigenvalue weighted by Crippen LogP contribution is 1.97. The van der Waals surface area contributed by atoms with Crippen LogP contribution in [0.3, 0.4) is 0 Å². The molecule has 0 aliphatic carbocycles.